The van der Waals surface area contributed by atoms with E-state index in [1.54, 1.807) is 10.7 Å². The van der Waals surface area contributed by atoms with Gasteiger partial charge >= 0.3 is 0 Å². The Labute approximate surface area is 233 Å². The molecule has 0 saturated carbocycles. The molecule has 2 aliphatic heterocycles. The van der Waals surface area contributed by atoms with Crippen molar-refractivity contribution in [2.24, 2.45) is 0 Å². The van der Waals surface area contributed by atoms with Crippen molar-refractivity contribution in [3.05, 3.63) is 73.2 Å². The van der Waals surface area contributed by atoms with Gasteiger partial charge in [0.1, 0.15) is 36.3 Å². The highest BCUT2D eigenvalue weighted by molar-refractivity contribution is 5.92. The van der Waals surface area contributed by atoms with Crippen LogP contribution in [0.3, 0.4) is 0 Å². The molecule has 1 unspecified atom stereocenters. The van der Waals surface area contributed by atoms with Gasteiger partial charge in [-0.15, -0.1) is 0 Å². The smallest absolute Gasteiger partial charge is 0.282 e. The lowest BCUT2D eigenvalue weighted by molar-refractivity contribution is -0.131. The molecular formula is C28H24FN9O3. The predicted octanol–water partition coefficient (Wildman–Crippen LogP) is 3.80. The van der Waals surface area contributed by atoms with Crippen LogP contribution in [0.25, 0.3) is 16.7 Å². The van der Waals surface area contributed by atoms with Gasteiger partial charge in [0, 0.05) is 43.7 Å². The molecule has 13 heteroatoms. The van der Waals surface area contributed by atoms with Crippen LogP contribution in [0.15, 0.2) is 67.7 Å². The summed E-state index contributed by atoms with van der Waals surface area (Å²) in [5.74, 6) is 1.40. The molecule has 5 aromatic rings. The lowest BCUT2D eigenvalue weighted by atomic mass is 10.1. The normalized spacial score (nSPS) is 16.2. The van der Waals surface area contributed by atoms with Crippen molar-refractivity contribution in [2.45, 2.75) is 13.0 Å². The Kier molecular flexibility index (Phi) is 5.84. The summed E-state index contributed by atoms with van der Waals surface area (Å²) in [6.45, 7) is 6.61. The molecule has 0 radical (unpaired) electrons. The minimum atomic E-state index is -0.974. The number of pyridine rings is 2. The molecule has 7 rings (SSSR count). The molecule has 1 amide bonds. The minimum absolute atomic E-state index is 0.215. The third kappa shape index (κ3) is 4.50. The molecule has 1 N–H and O–H groups in total. The van der Waals surface area contributed by atoms with Gasteiger partial charge in [-0.3, -0.25) is 4.79 Å². The Morgan fingerprint density at radius 1 is 1.15 bits per heavy atom. The summed E-state index contributed by atoms with van der Waals surface area (Å²) < 4.78 is 27.4. The molecule has 2 aliphatic rings. The molecule has 1 aromatic carbocycles. The lowest BCUT2D eigenvalue weighted by Crippen LogP contribution is -2.56. The molecular weight excluding hydrogens is 529 g/mol. The Hall–Kier alpha value is -5.33. The van der Waals surface area contributed by atoms with Crippen LogP contribution in [0.1, 0.15) is 5.56 Å². The quantitative estimate of drug-likeness (QED) is 0.322. The third-order valence-electron chi connectivity index (χ3n) is 7.18. The van der Waals surface area contributed by atoms with Crippen molar-refractivity contribution in [2.75, 3.05) is 36.5 Å². The maximum Gasteiger partial charge on any atom is 0.282 e. The van der Waals surface area contributed by atoms with Crippen molar-refractivity contribution < 1.29 is 18.7 Å². The highest BCUT2D eigenvalue weighted by Crippen LogP contribution is 2.36. The SMILES string of the molecule is C=C(F)C(=O)N1CCN2CC1COc1cc3ncnc(Nc4ccc(Oc5ccn6ncnc6c5)c(C)c4)c3nc12. The second-order valence-corrected chi connectivity index (χ2v) is 9.85. The number of hydrogen-bond acceptors (Lipinski definition) is 10. The van der Waals surface area contributed by atoms with E-state index in [4.69, 9.17) is 14.5 Å². The standard InChI is InChI=1S/C28H24FN9O3/c1-16-9-18(3-4-22(16)41-20-5-6-38-24(10-20)31-15-33-38)34-26-25-21(30-14-32-26)11-23-27(35-25)36-7-8-37(28(39)17(2)29)19(12-36)13-40-23/h3-6,9-11,14-15,19H,2,7-8,12-13H2,1H3,(H,30,32,34). The summed E-state index contributed by atoms with van der Waals surface area (Å²) in [6.07, 6.45) is 4.75. The van der Waals surface area contributed by atoms with Crippen LogP contribution in [0, 0.1) is 6.92 Å². The van der Waals surface area contributed by atoms with E-state index in [2.05, 4.69) is 31.9 Å². The maximum absolute atomic E-state index is 13.6. The number of nitrogens with one attached hydrogen (secondary N) is 1. The van der Waals surface area contributed by atoms with E-state index in [9.17, 15) is 9.18 Å². The van der Waals surface area contributed by atoms with Crippen molar-refractivity contribution in [3.8, 4) is 17.2 Å². The number of carbonyl (C=O) groups excluding carboxylic acids is 1. The van der Waals surface area contributed by atoms with E-state index in [0.717, 1.165) is 11.3 Å². The molecule has 0 spiro atoms. The summed E-state index contributed by atoms with van der Waals surface area (Å²) >= 11 is 0. The Morgan fingerprint density at radius 3 is 2.90 bits per heavy atom. The highest BCUT2D eigenvalue weighted by atomic mass is 19.1. The number of benzene rings is 1. The molecule has 41 heavy (non-hydrogen) atoms. The number of rotatable bonds is 5. The number of amides is 1. The number of aromatic nitrogens is 6. The number of carbonyl (C=O) groups is 1. The van der Waals surface area contributed by atoms with Crippen molar-refractivity contribution in [1.29, 1.82) is 0 Å². The first kappa shape index (κ1) is 24.7. The Bertz CT molecular complexity index is 1840. The van der Waals surface area contributed by atoms with E-state index in [0.29, 0.717) is 65.2 Å². The second-order valence-electron chi connectivity index (χ2n) is 9.85. The van der Waals surface area contributed by atoms with Crippen LogP contribution in [0.2, 0.25) is 0 Å². The van der Waals surface area contributed by atoms with Crippen LogP contribution in [-0.4, -0.2) is 72.6 Å². The van der Waals surface area contributed by atoms with Gasteiger partial charge in [-0.2, -0.15) is 5.10 Å². The monoisotopic (exact) mass is 553 g/mol. The van der Waals surface area contributed by atoms with Crippen LogP contribution in [-0.2, 0) is 4.79 Å². The number of hydrogen-bond donors (Lipinski definition) is 1. The molecule has 0 aliphatic carbocycles. The van der Waals surface area contributed by atoms with Crippen molar-refractivity contribution >= 4 is 39.9 Å². The fourth-order valence-electron chi connectivity index (χ4n) is 5.15. The number of piperazine rings is 1. The van der Waals surface area contributed by atoms with Crippen LogP contribution < -0.4 is 19.7 Å². The summed E-state index contributed by atoms with van der Waals surface area (Å²) in [6, 6.07) is 10.9. The fraction of sp³-hybridized carbons (Fsp3) is 0.214. The largest absolute Gasteiger partial charge is 0.487 e. The number of nitrogens with zero attached hydrogens (tertiary/aromatic N) is 8. The summed E-state index contributed by atoms with van der Waals surface area (Å²) in [7, 11) is 0. The second kappa shape index (κ2) is 9.70. The minimum Gasteiger partial charge on any atom is -0.487 e. The van der Waals surface area contributed by atoms with Gasteiger partial charge in [0.05, 0.1) is 11.6 Å². The molecule has 1 fully saturated rings. The van der Waals surface area contributed by atoms with Gasteiger partial charge in [0.25, 0.3) is 5.91 Å². The van der Waals surface area contributed by atoms with E-state index in [-0.39, 0.29) is 12.6 Å². The molecule has 6 heterocycles. The topological polar surface area (TPSA) is 123 Å². The van der Waals surface area contributed by atoms with E-state index >= 15 is 0 Å². The number of aryl methyl sites for hydroxylation is 1. The predicted molar refractivity (Wildman–Crippen MR) is 148 cm³/mol. The van der Waals surface area contributed by atoms with E-state index in [1.165, 1.54) is 17.6 Å². The number of fused-ring (bicyclic) bond motifs is 6. The number of halogens is 1. The fourth-order valence-corrected chi connectivity index (χ4v) is 5.15. The first-order valence-electron chi connectivity index (χ1n) is 13.0. The number of anilines is 3. The van der Waals surface area contributed by atoms with Gasteiger partial charge in [0.15, 0.2) is 28.9 Å². The van der Waals surface area contributed by atoms with Crippen molar-refractivity contribution in [3.63, 3.8) is 0 Å². The van der Waals surface area contributed by atoms with Gasteiger partial charge < -0.3 is 24.6 Å². The van der Waals surface area contributed by atoms with Crippen LogP contribution >= 0.6 is 0 Å². The summed E-state index contributed by atoms with van der Waals surface area (Å²) in [5, 5.41) is 7.46. The highest BCUT2D eigenvalue weighted by Gasteiger charge is 2.36. The Balaban J connectivity index is 1.14. The zero-order valence-corrected chi connectivity index (χ0v) is 22.0. The maximum atomic E-state index is 13.6. The average Bonchev–Trinajstić information content (AvgIpc) is 3.39. The lowest BCUT2D eigenvalue weighted by Gasteiger charge is -2.39. The summed E-state index contributed by atoms with van der Waals surface area (Å²) in [4.78, 5) is 33.8. The molecule has 4 aromatic heterocycles. The molecule has 1 saturated heterocycles. The van der Waals surface area contributed by atoms with Crippen LogP contribution in [0.4, 0.5) is 21.7 Å². The van der Waals surface area contributed by atoms with Gasteiger partial charge in [-0.25, -0.2) is 28.8 Å². The zero-order chi connectivity index (χ0) is 28.1. The molecule has 12 nitrogen and oxygen atoms in total. The first-order chi connectivity index (χ1) is 19.9. The first-order valence-corrected chi connectivity index (χ1v) is 13.0. The van der Waals surface area contributed by atoms with Gasteiger partial charge in [0.2, 0.25) is 0 Å². The van der Waals surface area contributed by atoms with E-state index in [1.807, 2.05) is 48.2 Å². The Morgan fingerprint density at radius 2 is 2.05 bits per heavy atom. The zero-order valence-electron chi connectivity index (χ0n) is 22.0. The molecule has 206 valence electrons. The average molecular weight is 554 g/mol. The molecule has 1 atom stereocenters. The third-order valence-corrected chi connectivity index (χ3v) is 7.18. The molecule has 2 bridgehead atoms. The van der Waals surface area contributed by atoms with Gasteiger partial charge in [-0.05, 0) is 36.8 Å². The van der Waals surface area contributed by atoms with E-state index < -0.39 is 11.7 Å². The van der Waals surface area contributed by atoms with Gasteiger partial charge in [-0.1, -0.05) is 6.58 Å². The van der Waals surface area contributed by atoms with Crippen molar-refractivity contribution in [1.82, 2.24) is 34.4 Å². The summed E-state index contributed by atoms with van der Waals surface area (Å²) in [5.41, 5.74) is 3.59. The number of ether oxygens (including phenoxy) is 2. The van der Waals surface area contributed by atoms with Crippen LogP contribution in [0.5, 0.6) is 17.2 Å².